The highest BCUT2D eigenvalue weighted by molar-refractivity contribution is 4.99. The summed E-state index contributed by atoms with van der Waals surface area (Å²) in [5, 5.41) is 8.05. The smallest absolute Gasteiger partial charge is 0.0762 e. The van der Waals surface area contributed by atoms with Gasteiger partial charge in [-0.25, -0.2) is 0 Å². The Kier molecular flexibility index (Phi) is 3.99. The standard InChI is InChI=1S/C13H23N3/c1-11(2)4-3-8-16-9-7-13(15-16)10-14-12-5-6-12/h7,9,11-12,14H,3-6,8,10H2,1-2H3. The van der Waals surface area contributed by atoms with Crippen LogP contribution in [-0.2, 0) is 13.1 Å². The van der Waals surface area contributed by atoms with E-state index in [1.165, 1.54) is 31.4 Å². The lowest BCUT2D eigenvalue weighted by Gasteiger charge is -2.04. The molecule has 0 saturated heterocycles. The number of aromatic nitrogens is 2. The van der Waals surface area contributed by atoms with Crippen molar-refractivity contribution < 1.29 is 0 Å². The predicted molar refractivity (Wildman–Crippen MR) is 66.2 cm³/mol. The Labute approximate surface area is 98.2 Å². The lowest BCUT2D eigenvalue weighted by Crippen LogP contribution is -2.15. The van der Waals surface area contributed by atoms with Crippen molar-refractivity contribution in [3.8, 4) is 0 Å². The first-order valence-electron chi connectivity index (χ1n) is 6.50. The van der Waals surface area contributed by atoms with E-state index in [2.05, 4.69) is 41.2 Å². The molecule has 0 unspecified atom stereocenters. The van der Waals surface area contributed by atoms with Crippen LogP contribution in [0.25, 0.3) is 0 Å². The van der Waals surface area contributed by atoms with Gasteiger partial charge in [0.15, 0.2) is 0 Å². The zero-order chi connectivity index (χ0) is 11.4. The van der Waals surface area contributed by atoms with Crippen LogP contribution >= 0.6 is 0 Å². The summed E-state index contributed by atoms with van der Waals surface area (Å²) in [5.41, 5.74) is 1.18. The SMILES string of the molecule is CC(C)CCCn1ccc(CNC2CC2)n1. The molecule has 1 aromatic heterocycles. The van der Waals surface area contributed by atoms with E-state index < -0.39 is 0 Å². The van der Waals surface area contributed by atoms with Gasteiger partial charge in [-0.1, -0.05) is 13.8 Å². The number of nitrogens with one attached hydrogen (secondary N) is 1. The summed E-state index contributed by atoms with van der Waals surface area (Å²) >= 11 is 0. The first-order chi connectivity index (χ1) is 7.74. The molecule has 0 radical (unpaired) electrons. The van der Waals surface area contributed by atoms with Crippen LogP contribution in [0, 0.1) is 5.92 Å². The summed E-state index contributed by atoms with van der Waals surface area (Å²) in [4.78, 5) is 0. The van der Waals surface area contributed by atoms with Crippen molar-refractivity contribution in [3.05, 3.63) is 18.0 Å². The van der Waals surface area contributed by atoms with Gasteiger partial charge in [0.25, 0.3) is 0 Å². The number of hydrogen-bond acceptors (Lipinski definition) is 2. The highest BCUT2D eigenvalue weighted by atomic mass is 15.3. The Morgan fingerprint density at radius 3 is 3.00 bits per heavy atom. The van der Waals surface area contributed by atoms with E-state index >= 15 is 0 Å². The monoisotopic (exact) mass is 221 g/mol. The van der Waals surface area contributed by atoms with Crippen molar-refractivity contribution in [2.24, 2.45) is 5.92 Å². The molecule has 1 aliphatic carbocycles. The summed E-state index contributed by atoms with van der Waals surface area (Å²) in [6, 6.07) is 2.90. The van der Waals surface area contributed by atoms with E-state index in [4.69, 9.17) is 0 Å². The van der Waals surface area contributed by atoms with Crippen LogP contribution in [0.15, 0.2) is 12.3 Å². The molecule has 90 valence electrons. The first-order valence-corrected chi connectivity index (χ1v) is 6.50. The van der Waals surface area contributed by atoms with Crippen molar-refractivity contribution in [3.63, 3.8) is 0 Å². The van der Waals surface area contributed by atoms with Gasteiger partial charge in [0.2, 0.25) is 0 Å². The maximum absolute atomic E-state index is 4.56. The molecule has 1 saturated carbocycles. The molecule has 16 heavy (non-hydrogen) atoms. The van der Waals surface area contributed by atoms with Crippen molar-refractivity contribution in [1.82, 2.24) is 15.1 Å². The average molecular weight is 221 g/mol. The van der Waals surface area contributed by atoms with Gasteiger partial charge in [-0.05, 0) is 37.7 Å². The molecule has 0 atom stereocenters. The van der Waals surface area contributed by atoms with Crippen molar-refractivity contribution in [1.29, 1.82) is 0 Å². The predicted octanol–water partition coefficient (Wildman–Crippen LogP) is 2.57. The summed E-state index contributed by atoms with van der Waals surface area (Å²) in [6.45, 7) is 6.53. The van der Waals surface area contributed by atoms with Crippen LogP contribution in [-0.4, -0.2) is 15.8 Å². The zero-order valence-corrected chi connectivity index (χ0v) is 10.4. The Morgan fingerprint density at radius 2 is 2.31 bits per heavy atom. The minimum absolute atomic E-state index is 0.770. The molecule has 1 aliphatic rings. The molecule has 3 nitrogen and oxygen atoms in total. The van der Waals surface area contributed by atoms with Crippen LogP contribution in [0.2, 0.25) is 0 Å². The summed E-state index contributed by atoms with van der Waals surface area (Å²) in [6.07, 6.45) is 7.30. The second-order valence-electron chi connectivity index (χ2n) is 5.26. The highest BCUT2D eigenvalue weighted by Gasteiger charge is 2.20. The van der Waals surface area contributed by atoms with Crippen molar-refractivity contribution >= 4 is 0 Å². The molecule has 0 bridgehead atoms. The van der Waals surface area contributed by atoms with E-state index in [0.29, 0.717) is 0 Å². The van der Waals surface area contributed by atoms with E-state index in [1.807, 2.05) is 0 Å². The van der Waals surface area contributed by atoms with Crippen LogP contribution in [0.4, 0.5) is 0 Å². The number of aryl methyl sites for hydroxylation is 1. The third-order valence-electron chi connectivity index (χ3n) is 3.01. The lowest BCUT2D eigenvalue weighted by atomic mass is 10.1. The topological polar surface area (TPSA) is 29.9 Å². The molecule has 1 aromatic rings. The highest BCUT2D eigenvalue weighted by Crippen LogP contribution is 2.18. The fourth-order valence-corrected chi connectivity index (χ4v) is 1.82. The third kappa shape index (κ3) is 3.97. The Balaban J connectivity index is 1.68. The number of rotatable bonds is 7. The van der Waals surface area contributed by atoms with Gasteiger partial charge in [0, 0.05) is 25.3 Å². The molecule has 0 aliphatic heterocycles. The van der Waals surface area contributed by atoms with Gasteiger partial charge in [-0.2, -0.15) is 5.10 Å². The molecule has 0 aromatic carbocycles. The molecule has 1 N–H and O–H groups in total. The Morgan fingerprint density at radius 1 is 1.50 bits per heavy atom. The van der Waals surface area contributed by atoms with Gasteiger partial charge >= 0.3 is 0 Å². The van der Waals surface area contributed by atoms with Gasteiger partial charge in [-0.3, -0.25) is 4.68 Å². The second kappa shape index (κ2) is 5.48. The minimum atomic E-state index is 0.770. The number of nitrogens with zero attached hydrogens (tertiary/aromatic N) is 2. The first kappa shape index (κ1) is 11.6. The van der Waals surface area contributed by atoms with Crippen LogP contribution < -0.4 is 5.32 Å². The fourth-order valence-electron chi connectivity index (χ4n) is 1.82. The van der Waals surface area contributed by atoms with Gasteiger partial charge in [0.05, 0.1) is 5.69 Å². The minimum Gasteiger partial charge on any atom is -0.308 e. The zero-order valence-electron chi connectivity index (χ0n) is 10.4. The maximum Gasteiger partial charge on any atom is 0.0762 e. The second-order valence-corrected chi connectivity index (χ2v) is 5.26. The number of hydrogen-bond donors (Lipinski definition) is 1. The molecule has 3 heteroatoms. The molecule has 0 amide bonds. The third-order valence-corrected chi connectivity index (χ3v) is 3.01. The summed E-state index contributed by atoms with van der Waals surface area (Å²) in [5.74, 6) is 0.798. The normalized spacial score (nSPS) is 15.9. The van der Waals surface area contributed by atoms with Crippen LogP contribution in [0.3, 0.4) is 0 Å². The van der Waals surface area contributed by atoms with Crippen molar-refractivity contribution in [2.75, 3.05) is 0 Å². The summed E-state index contributed by atoms with van der Waals surface area (Å²) in [7, 11) is 0. The van der Waals surface area contributed by atoms with Gasteiger partial charge in [-0.15, -0.1) is 0 Å². The molecule has 2 rings (SSSR count). The van der Waals surface area contributed by atoms with Crippen molar-refractivity contribution in [2.45, 2.75) is 58.7 Å². The Hall–Kier alpha value is -0.830. The molecule has 1 heterocycles. The van der Waals surface area contributed by atoms with Gasteiger partial charge < -0.3 is 5.32 Å². The Bertz CT molecular complexity index is 313. The molecule has 0 spiro atoms. The van der Waals surface area contributed by atoms with Crippen LogP contribution in [0.1, 0.15) is 45.2 Å². The molecule has 1 fully saturated rings. The summed E-state index contributed by atoms with van der Waals surface area (Å²) < 4.78 is 2.08. The fraction of sp³-hybridized carbons (Fsp3) is 0.769. The van der Waals surface area contributed by atoms with E-state index in [9.17, 15) is 0 Å². The van der Waals surface area contributed by atoms with Gasteiger partial charge in [0.1, 0.15) is 0 Å². The largest absolute Gasteiger partial charge is 0.308 e. The van der Waals surface area contributed by atoms with E-state index in [1.54, 1.807) is 0 Å². The van der Waals surface area contributed by atoms with E-state index in [0.717, 1.165) is 25.0 Å². The lowest BCUT2D eigenvalue weighted by molar-refractivity contribution is 0.486. The van der Waals surface area contributed by atoms with Crippen LogP contribution in [0.5, 0.6) is 0 Å². The molecular weight excluding hydrogens is 198 g/mol. The quantitative estimate of drug-likeness (QED) is 0.767. The maximum atomic E-state index is 4.56. The van der Waals surface area contributed by atoms with E-state index in [-0.39, 0.29) is 0 Å². The molecular formula is C13H23N3. The average Bonchev–Trinajstić information content (AvgIpc) is 2.96.